The standard InChI is InChI=1S/C14H29N3.HI/c1-5-15-14(16-9-8-12(2)3)17-10-6-7-13(4)11-17;/h12-13H,5-11H2,1-4H3,(H,15,16);1H. The number of rotatable bonds is 4. The summed E-state index contributed by atoms with van der Waals surface area (Å²) in [5.41, 5.74) is 0. The minimum Gasteiger partial charge on any atom is -0.357 e. The Labute approximate surface area is 130 Å². The molecule has 3 nitrogen and oxygen atoms in total. The van der Waals surface area contributed by atoms with Crippen LogP contribution in [0, 0.1) is 11.8 Å². The summed E-state index contributed by atoms with van der Waals surface area (Å²) in [5.74, 6) is 2.67. The van der Waals surface area contributed by atoms with Gasteiger partial charge in [-0.3, -0.25) is 4.99 Å². The molecule has 4 heteroatoms. The summed E-state index contributed by atoms with van der Waals surface area (Å²) < 4.78 is 0. The largest absolute Gasteiger partial charge is 0.357 e. The summed E-state index contributed by atoms with van der Waals surface area (Å²) in [5, 5.41) is 3.42. The first-order valence-corrected chi connectivity index (χ1v) is 7.16. The van der Waals surface area contributed by atoms with Crippen LogP contribution >= 0.6 is 24.0 Å². The quantitative estimate of drug-likeness (QED) is 0.469. The van der Waals surface area contributed by atoms with Crippen LogP contribution in [0.4, 0.5) is 0 Å². The zero-order valence-electron chi connectivity index (χ0n) is 12.4. The highest BCUT2D eigenvalue weighted by Crippen LogP contribution is 2.15. The molecule has 0 saturated carbocycles. The molecule has 0 aromatic heterocycles. The molecule has 1 aliphatic rings. The van der Waals surface area contributed by atoms with Crippen LogP contribution in [0.2, 0.25) is 0 Å². The Balaban J connectivity index is 0.00000289. The molecule has 0 amide bonds. The molecule has 0 aromatic rings. The number of hydrogen-bond donors (Lipinski definition) is 1. The fourth-order valence-corrected chi connectivity index (χ4v) is 2.24. The molecule has 1 rings (SSSR count). The maximum absolute atomic E-state index is 4.74. The third-order valence-corrected chi connectivity index (χ3v) is 3.26. The number of piperidine rings is 1. The molecule has 0 spiro atoms. The van der Waals surface area contributed by atoms with Crippen molar-refractivity contribution < 1.29 is 0 Å². The molecule has 1 atom stereocenters. The third kappa shape index (κ3) is 6.81. The highest BCUT2D eigenvalue weighted by molar-refractivity contribution is 14.0. The molecular formula is C14H30IN3. The number of nitrogens with zero attached hydrogens (tertiary/aromatic N) is 2. The number of aliphatic imine (C=N–C) groups is 1. The third-order valence-electron chi connectivity index (χ3n) is 3.26. The van der Waals surface area contributed by atoms with Gasteiger partial charge in [0.2, 0.25) is 0 Å². The van der Waals surface area contributed by atoms with Crippen molar-refractivity contribution in [3.8, 4) is 0 Å². The van der Waals surface area contributed by atoms with Crippen LogP contribution in [0.15, 0.2) is 4.99 Å². The number of nitrogens with one attached hydrogen (secondary N) is 1. The summed E-state index contributed by atoms with van der Waals surface area (Å²) >= 11 is 0. The van der Waals surface area contributed by atoms with Crippen molar-refractivity contribution in [1.29, 1.82) is 0 Å². The zero-order valence-corrected chi connectivity index (χ0v) is 14.7. The molecule has 1 fully saturated rings. The van der Waals surface area contributed by atoms with E-state index >= 15 is 0 Å². The van der Waals surface area contributed by atoms with Crippen LogP contribution in [-0.2, 0) is 0 Å². The van der Waals surface area contributed by atoms with E-state index in [0.717, 1.165) is 44.0 Å². The van der Waals surface area contributed by atoms with E-state index in [0.29, 0.717) is 0 Å². The minimum absolute atomic E-state index is 0. The smallest absolute Gasteiger partial charge is 0.193 e. The molecule has 0 aliphatic carbocycles. The van der Waals surface area contributed by atoms with Gasteiger partial charge in [0, 0.05) is 26.2 Å². The lowest BCUT2D eigenvalue weighted by Gasteiger charge is -2.33. The van der Waals surface area contributed by atoms with Gasteiger partial charge >= 0.3 is 0 Å². The van der Waals surface area contributed by atoms with Gasteiger partial charge < -0.3 is 10.2 Å². The fraction of sp³-hybridized carbons (Fsp3) is 0.929. The monoisotopic (exact) mass is 367 g/mol. The van der Waals surface area contributed by atoms with E-state index in [2.05, 4.69) is 37.9 Å². The number of hydrogen-bond acceptors (Lipinski definition) is 1. The second kappa shape index (κ2) is 9.87. The van der Waals surface area contributed by atoms with Crippen LogP contribution in [0.1, 0.15) is 47.0 Å². The molecule has 0 bridgehead atoms. The van der Waals surface area contributed by atoms with Crippen molar-refractivity contribution >= 4 is 29.9 Å². The van der Waals surface area contributed by atoms with Gasteiger partial charge in [-0.1, -0.05) is 20.8 Å². The first-order chi connectivity index (χ1) is 8.13. The Morgan fingerprint density at radius 1 is 1.44 bits per heavy atom. The van der Waals surface area contributed by atoms with E-state index in [1.54, 1.807) is 0 Å². The van der Waals surface area contributed by atoms with Crippen molar-refractivity contribution in [3.05, 3.63) is 0 Å². The van der Waals surface area contributed by atoms with E-state index in [9.17, 15) is 0 Å². The molecular weight excluding hydrogens is 337 g/mol. The van der Waals surface area contributed by atoms with Crippen molar-refractivity contribution in [3.63, 3.8) is 0 Å². The molecule has 108 valence electrons. The Morgan fingerprint density at radius 3 is 2.72 bits per heavy atom. The summed E-state index contributed by atoms with van der Waals surface area (Å²) in [6.45, 7) is 13.2. The maximum atomic E-state index is 4.74. The molecule has 18 heavy (non-hydrogen) atoms. The average molecular weight is 367 g/mol. The second-order valence-corrected chi connectivity index (χ2v) is 5.61. The molecule has 1 saturated heterocycles. The normalized spacial score (nSPS) is 20.8. The lowest BCUT2D eigenvalue weighted by atomic mass is 10.0. The van der Waals surface area contributed by atoms with Crippen molar-refractivity contribution in [2.24, 2.45) is 16.8 Å². The van der Waals surface area contributed by atoms with E-state index in [4.69, 9.17) is 4.99 Å². The Kier molecular flexibility index (Phi) is 9.87. The molecule has 0 aromatic carbocycles. The number of likely N-dealkylation sites (tertiary alicyclic amines) is 1. The topological polar surface area (TPSA) is 27.6 Å². The Hall–Kier alpha value is 0. The average Bonchev–Trinajstić information content (AvgIpc) is 2.27. The fourth-order valence-electron chi connectivity index (χ4n) is 2.24. The van der Waals surface area contributed by atoms with E-state index < -0.39 is 0 Å². The van der Waals surface area contributed by atoms with Crippen LogP contribution < -0.4 is 5.32 Å². The second-order valence-electron chi connectivity index (χ2n) is 5.61. The van der Waals surface area contributed by atoms with Gasteiger partial charge in [0.15, 0.2) is 5.96 Å². The van der Waals surface area contributed by atoms with Crippen molar-refractivity contribution in [1.82, 2.24) is 10.2 Å². The number of halogens is 1. The summed E-state index contributed by atoms with van der Waals surface area (Å²) in [6, 6.07) is 0. The SMILES string of the molecule is CCNC(=NCCC(C)C)N1CCCC(C)C1.I. The van der Waals surface area contributed by atoms with Crippen LogP contribution in [0.3, 0.4) is 0 Å². The van der Waals surface area contributed by atoms with Gasteiger partial charge in [0.25, 0.3) is 0 Å². The summed E-state index contributed by atoms with van der Waals surface area (Å²) in [7, 11) is 0. The van der Waals surface area contributed by atoms with Crippen LogP contribution in [0.5, 0.6) is 0 Å². The van der Waals surface area contributed by atoms with Crippen LogP contribution in [0.25, 0.3) is 0 Å². The first-order valence-electron chi connectivity index (χ1n) is 7.16. The summed E-state index contributed by atoms with van der Waals surface area (Å²) in [4.78, 5) is 7.17. The maximum Gasteiger partial charge on any atom is 0.193 e. The first kappa shape index (κ1) is 18.0. The van der Waals surface area contributed by atoms with E-state index in [1.165, 1.54) is 19.3 Å². The highest BCUT2D eigenvalue weighted by Gasteiger charge is 2.18. The highest BCUT2D eigenvalue weighted by atomic mass is 127. The van der Waals surface area contributed by atoms with Gasteiger partial charge in [-0.05, 0) is 38.0 Å². The summed E-state index contributed by atoms with van der Waals surface area (Å²) in [6.07, 6.45) is 3.84. The molecule has 1 unspecified atom stereocenters. The molecule has 1 N–H and O–H groups in total. The van der Waals surface area contributed by atoms with Gasteiger partial charge in [-0.25, -0.2) is 0 Å². The number of guanidine groups is 1. The van der Waals surface area contributed by atoms with Crippen molar-refractivity contribution in [2.45, 2.75) is 47.0 Å². The molecule has 1 aliphatic heterocycles. The lowest BCUT2D eigenvalue weighted by Crippen LogP contribution is -2.46. The zero-order chi connectivity index (χ0) is 12.7. The van der Waals surface area contributed by atoms with Gasteiger partial charge in [-0.2, -0.15) is 0 Å². The Morgan fingerprint density at radius 2 is 2.17 bits per heavy atom. The van der Waals surface area contributed by atoms with E-state index in [1.807, 2.05) is 0 Å². The van der Waals surface area contributed by atoms with Gasteiger partial charge in [0.1, 0.15) is 0 Å². The van der Waals surface area contributed by atoms with E-state index in [-0.39, 0.29) is 24.0 Å². The van der Waals surface area contributed by atoms with Crippen molar-refractivity contribution in [2.75, 3.05) is 26.2 Å². The van der Waals surface area contributed by atoms with Gasteiger partial charge in [-0.15, -0.1) is 24.0 Å². The predicted octanol–water partition coefficient (Wildman–Crippen LogP) is 3.35. The minimum atomic E-state index is 0. The van der Waals surface area contributed by atoms with Crippen LogP contribution in [-0.4, -0.2) is 37.0 Å². The Bertz CT molecular complexity index is 241. The lowest BCUT2D eigenvalue weighted by molar-refractivity contribution is 0.266. The van der Waals surface area contributed by atoms with Gasteiger partial charge in [0.05, 0.1) is 0 Å². The molecule has 0 radical (unpaired) electrons. The molecule has 1 heterocycles. The predicted molar refractivity (Wildman–Crippen MR) is 90.8 cm³/mol.